The maximum Gasteiger partial charge on any atom is 0.212 e. The van der Waals surface area contributed by atoms with Gasteiger partial charge in [-0.3, -0.25) is 0 Å². The van der Waals surface area contributed by atoms with Gasteiger partial charge in [0.25, 0.3) is 0 Å². The summed E-state index contributed by atoms with van der Waals surface area (Å²) in [5.41, 5.74) is 7.46. The van der Waals surface area contributed by atoms with Gasteiger partial charge in [-0.15, -0.1) is 5.10 Å². The zero-order chi connectivity index (χ0) is 10.1. The molecule has 74 valence electrons. The Kier molecular flexibility index (Phi) is 2.30. The van der Waals surface area contributed by atoms with Gasteiger partial charge in [-0.1, -0.05) is 16.6 Å². The second-order valence-electron chi connectivity index (χ2n) is 2.98. The van der Waals surface area contributed by atoms with Crippen LogP contribution in [0.1, 0.15) is 16.3 Å². The molecule has 5 nitrogen and oxygen atoms in total. The van der Waals surface area contributed by atoms with Crippen LogP contribution in [-0.4, -0.2) is 20.0 Å². The lowest BCUT2D eigenvalue weighted by atomic mass is 10.4. The van der Waals surface area contributed by atoms with Crippen molar-refractivity contribution in [1.29, 1.82) is 0 Å². The number of hydrogen-bond acceptors (Lipinski definition) is 5. The molecule has 0 amide bonds. The van der Waals surface area contributed by atoms with Crippen LogP contribution in [0.3, 0.4) is 0 Å². The highest BCUT2D eigenvalue weighted by molar-refractivity contribution is 7.14. The van der Waals surface area contributed by atoms with Crippen LogP contribution in [-0.2, 0) is 6.54 Å². The minimum absolute atomic E-state index is 0.421. The molecule has 6 heteroatoms. The molecule has 2 N–H and O–H groups in total. The minimum Gasteiger partial charge on any atom is -0.325 e. The van der Waals surface area contributed by atoms with E-state index >= 15 is 0 Å². The van der Waals surface area contributed by atoms with Gasteiger partial charge in [0.2, 0.25) is 5.13 Å². The summed E-state index contributed by atoms with van der Waals surface area (Å²) >= 11 is 1.60. The first-order valence-electron chi connectivity index (χ1n) is 4.26. The van der Waals surface area contributed by atoms with Crippen LogP contribution in [0.15, 0.2) is 6.20 Å². The molecule has 0 aromatic carbocycles. The number of rotatable bonds is 2. The summed E-state index contributed by atoms with van der Waals surface area (Å²) < 4.78 is 1.69. The number of nitrogens with zero attached hydrogens (tertiary/aromatic N) is 4. The summed E-state index contributed by atoms with van der Waals surface area (Å²) in [7, 11) is 0. The minimum atomic E-state index is 0.421. The first-order chi connectivity index (χ1) is 6.72. The van der Waals surface area contributed by atoms with Gasteiger partial charge >= 0.3 is 0 Å². The van der Waals surface area contributed by atoms with Gasteiger partial charge in [0.05, 0.1) is 17.6 Å². The maximum atomic E-state index is 5.55. The molecule has 14 heavy (non-hydrogen) atoms. The quantitative estimate of drug-likeness (QED) is 0.794. The third-order valence-electron chi connectivity index (χ3n) is 2.03. The van der Waals surface area contributed by atoms with Crippen molar-refractivity contribution >= 4 is 11.3 Å². The molecule has 0 aliphatic carbocycles. The zero-order valence-corrected chi connectivity index (χ0v) is 8.88. The lowest BCUT2D eigenvalue weighted by Gasteiger charge is -1.97. The van der Waals surface area contributed by atoms with E-state index < -0.39 is 0 Å². The van der Waals surface area contributed by atoms with E-state index in [4.69, 9.17) is 5.73 Å². The van der Waals surface area contributed by atoms with Gasteiger partial charge in [-0.05, 0) is 13.8 Å². The Bertz CT molecular complexity index is 425. The van der Waals surface area contributed by atoms with Crippen molar-refractivity contribution in [2.24, 2.45) is 5.73 Å². The predicted molar refractivity (Wildman–Crippen MR) is 54.4 cm³/mol. The smallest absolute Gasteiger partial charge is 0.212 e. The average Bonchev–Trinajstić information content (AvgIpc) is 2.73. The SMILES string of the molecule is Cc1nc(-n2nncc2CN)sc1C. The molecule has 0 bridgehead atoms. The van der Waals surface area contributed by atoms with Crippen LogP contribution < -0.4 is 5.73 Å². The van der Waals surface area contributed by atoms with Crippen LogP contribution in [0, 0.1) is 13.8 Å². The molecular formula is C8H11N5S. The summed E-state index contributed by atoms with van der Waals surface area (Å²) in [4.78, 5) is 5.58. The topological polar surface area (TPSA) is 69.6 Å². The van der Waals surface area contributed by atoms with Crippen LogP contribution in [0.4, 0.5) is 0 Å². The fourth-order valence-corrected chi connectivity index (χ4v) is 1.99. The van der Waals surface area contributed by atoms with Crippen molar-refractivity contribution < 1.29 is 0 Å². The van der Waals surface area contributed by atoms with Crippen molar-refractivity contribution in [2.45, 2.75) is 20.4 Å². The summed E-state index contributed by atoms with van der Waals surface area (Å²) in [5.74, 6) is 0. The van der Waals surface area contributed by atoms with Gasteiger partial charge < -0.3 is 5.73 Å². The molecule has 2 rings (SSSR count). The van der Waals surface area contributed by atoms with Crippen molar-refractivity contribution in [3.8, 4) is 5.13 Å². The van der Waals surface area contributed by atoms with E-state index in [1.807, 2.05) is 13.8 Å². The molecule has 0 unspecified atom stereocenters. The summed E-state index contributed by atoms with van der Waals surface area (Å²) in [6, 6.07) is 0. The van der Waals surface area contributed by atoms with Crippen LogP contribution in [0.2, 0.25) is 0 Å². The molecule has 0 aliphatic heterocycles. The van der Waals surface area contributed by atoms with Gasteiger partial charge in [0.15, 0.2) is 0 Å². The number of nitrogens with two attached hydrogens (primary N) is 1. The zero-order valence-electron chi connectivity index (χ0n) is 8.06. The fraction of sp³-hybridized carbons (Fsp3) is 0.375. The molecule has 2 heterocycles. The van der Waals surface area contributed by atoms with E-state index in [9.17, 15) is 0 Å². The Morgan fingerprint density at radius 2 is 2.29 bits per heavy atom. The van der Waals surface area contributed by atoms with Gasteiger partial charge in [0, 0.05) is 11.4 Å². The largest absolute Gasteiger partial charge is 0.325 e. The highest BCUT2D eigenvalue weighted by atomic mass is 32.1. The Morgan fingerprint density at radius 1 is 1.50 bits per heavy atom. The number of aromatic nitrogens is 4. The van der Waals surface area contributed by atoms with Crippen LogP contribution >= 0.6 is 11.3 Å². The van der Waals surface area contributed by atoms with Crippen molar-refractivity contribution in [1.82, 2.24) is 20.0 Å². The summed E-state index contributed by atoms with van der Waals surface area (Å²) in [5, 5.41) is 8.59. The second-order valence-corrected chi connectivity index (χ2v) is 4.16. The average molecular weight is 209 g/mol. The van der Waals surface area contributed by atoms with Crippen LogP contribution in [0.5, 0.6) is 0 Å². The fourth-order valence-electron chi connectivity index (χ4n) is 1.10. The van der Waals surface area contributed by atoms with Crippen LogP contribution in [0.25, 0.3) is 5.13 Å². The second kappa shape index (κ2) is 3.47. The first-order valence-corrected chi connectivity index (χ1v) is 5.08. The molecule has 0 aliphatic rings. The molecular weight excluding hydrogens is 198 g/mol. The standard InChI is InChI=1S/C8H11N5S/c1-5-6(2)14-8(11-5)13-7(3-9)4-10-12-13/h4H,3,9H2,1-2H3. The highest BCUT2D eigenvalue weighted by Crippen LogP contribution is 2.20. The summed E-state index contributed by atoms with van der Waals surface area (Å²) in [6.07, 6.45) is 1.66. The van der Waals surface area contributed by atoms with Gasteiger partial charge in [0.1, 0.15) is 0 Å². The lowest BCUT2D eigenvalue weighted by molar-refractivity contribution is 0.754. The molecule has 0 saturated heterocycles. The Hall–Kier alpha value is -1.27. The van der Waals surface area contributed by atoms with Crippen molar-refractivity contribution in [3.63, 3.8) is 0 Å². The number of thiazole rings is 1. The molecule has 0 atom stereocenters. The molecule has 0 radical (unpaired) electrons. The van der Waals surface area contributed by atoms with E-state index in [1.165, 1.54) is 4.88 Å². The molecule has 2 aromatic heterocycles. The van der Waals surface area contributed by atoms with Crippen molar-refractivity contribution in [2.75, 3.05) is 0 Å². The normalized spacial score (nSPS) is 10.8. The Labute approximate surface area is 85.6 Å². The van der Waals surface area contributed by atoms with Crippen molar-refractivity contribution in [3.05, 3.63) is 22.5 Å². The van der Waals surface area contributed by atoms with E-state index in [1.54, 1.807) is 22.2 Å². The predicted octanol–water partition coefficient (Wildman–Crippen LogP) is 0.799. The highest BCUT2D eigenvalue weighted by Gasteiger charge is 2.09. The van der Waals surface area contributed by atoms with Gasteiger partial charge in [-0.25, -0.2) is 4.98 Å². The third-order valence-corrected chi connectivity index (χ3v) is 3.08. The van der Waals surface area contributed by atoms with E-state index in [0.717, 1.165) is 16.5 Å². The monoisotopic (exact) mass is 209 g/mol. The van der Waals surface area contributed by atoms with Gasteiger partial charge in [-0.2, -0.15) is 4.68 Å². The number of aryl methyl sites for hydroxylation is 2. The molecule has 0 spiro atoms. The Morgan fingerprint density at radius 3 is 2.86 bits per heavy atom. The van der Waals surface area contributed by atoms with E-state index in [-0.39, 0.29) is 0 Å². The van der Waals surface area contributed by atoms with E-state index in [0.29, 0.717) is 6.54 Å². The lowest BCUT2D eigenvalue weighted by Crippen LogP contribution is -2.06. The summed E-state index contributed by atoms with van der Waals surface area (Å²) in [6.45, 7) is 4.44. The Balaban J connectivity index is 2.49. The molecule has 0 saturated carbocycles. The van der Waals surface area contributed by atoms with E-state index in [2.05, 4.69) is 15.3 Å². The molecule has 2 aromatic rings. The third kappa shape index (κ3) is 1.42. The molecule has 0 fully saturated rings. The first kappa shape index (κ1) is 9.29. The number of hydrogen-bond donors (Lipinski definition) is 1. The maximum absolute atomic E-state index is 5.55.